The number of phenolic OH excluding ortho intramolecular Hbond substituents is 1. The third-order valence-electron chi connectivity index (χ3n) is 2.48. The first-order valence-corrected chi connectivity index (χ1v) is 6.02. The molecule has 1 N–H and O–H groups in total. The SMILES string of the molecule is O=C(Cc1ccccc1)c1ccc(O)c(Br)c1. The summed E-state index contributed by atoms with van der Waals surface area (Å²) in [6.07, 6.45) is 0.373. The number of phenols is 1. The van der Waals surface area contributed by atoms with Crippen molar-refractivity contribution in [2.75, 3.05) is 0 Å². The number of Topliss-reactive ketones (excluding diaryl/α,β-unsaturated/α-hetero) is 1. The second kappa shape index (κ2) is 5.15. The number of ketones is 1. The molecule has 2 aromatic rings. The van der Waals surface area contributed by atoms with Gasteiger partial charge < -0.3 is 5.11 Å². The van der Waals surface area contributed by atoms with Crippen LogP contribution in [0.4, 0.5) is 0 Å². The molecule has 0 aliphatic carbocycles. The molecule has 0 saturated carbocycles. The summed E-state index contributed by atoms with van der Waals surface area (Å²) in [5.74, 6) is 0.179. The van der Waals surface area contributed by atoms with E-state index >= 15 is 0 Å². The second-order valence-electron chi connectivity index (χ2n) is 3.75. The number of carbonyl (C=O) groups is 1. The molecule has 0 radical (unpaired) electrons. The van der Waals surface area contributed by atoms with E-state index in [-0.39, 0.29) is 11.5 Å². The number of hydrogen-bond donors (Lipinski definition) is 1. The van der Waals surface area contributed by atoms with Crippen LogP contribution in [0.1, 0.15) is 15.9 Å². The molecule has 0 atom stereocenters. The Kier molecular flexibility index (Phi) is 3.59. The molecule has 0 aliphatic rings. The molecule has 0 saturated heterocycles. The van der Waals surface area contributed by atoms with Gasteiger partial charge in [0.25, 0.3) is 0 Å². The first-order valence-electron chi connectivity index (χ1n) is 5.22. The number of rotatable bonds is 3. The first-order chi connectivity index (χ1) is 8.16. The fourth-order valence-corrected chi connectivity index (χ4v) is 1.94. The zero-order valence-electron chi connectivity index (χ0n) is 9.06. The third-order valence-corrected chi connectivity index (χ3v) is 3.11. The summed E-state index contributed by atoms with van der Waals surface area (Å²) in [5, 5.41) is 9.36. The Morgan fingerprint density at radius 2 is 1.82 bits per heavy atom. The molecule has 2 rings (SSSR count). The van der Waals surface area contributed by atoms with Crippen LogP contribution in [0.25, 0.3) is 0 Å². The van der Waals surface area contributed by atoms with Crippen molar-refractivity contribution in [3.63, 3.8) is 0 Å². The minimum absolute atomic E-state index is 0.0388. The minimum atomic E-state index is 0.0388. The largest absolute Gasteiger partial charge is 0.507 e. The molecule has 86 valence electrons. The summed E-state index contributed by atoms with van der Waals surface area (Å²) >= 11 is 3.20. The van der Waals surface area contributed by atoms with Crippen LogP contribution in [-0.2, 0) is 6.42 Å². The summed E-state index contributed by atoms with van der Waals surface area (Å²) in [4.78, 5) is 12.0. The average molecular weight is 291 g/mol. The van der Waals surface area contributed by atoms with Crippen LogP contribution < -0.4 is 0 Å². The Bertz CT molecular complexity index is 535. The normalized spacial score (nSPS) is 10.2. The van der Waals surface area contributed by atoms with Crippen molar-refractivity contribution in [1.82, 2.24) is 0 Å². The summed E-state index contributed by atoms with van der Waals surface area (Å²) in [6.45, 7) is 0. The Hall–Kier alpha value is -1.61. The smallest absolute Gasteiger partial charge is 0.167 e. The minimum Gasteiger partial charge on any atom is -0.507 e. The predicted octanol–water partition coefficient (Wildman–Crippen LogP) is 3.58. The van der Waals surface area contributed by atoms with E-state index in [2.05, 4.69) is 15.9 Å². The molecule has 0 spiro atoms. The monoisotopic (exact) mass is 290 g/mol. The summed E-state index contributed by atoms with van der Waals surface area (Å²) in [7, 11) is 0. The Balaban J connectivity index is 2.18. The fourth-order valence-electron chi connectivity index (χ4n) is 1.56. The van der Waals surface area contributed by atoms with Crippen molar-refractivity contribution in [2.45, 2.75) is 6.42 Å². The van der Waals surface area contributed by atoms with Gasteiger partial charge in [0.1, 0.15) is 5.75 Å². The maximum Gasteiger partial charge on any atom is 0.167 e. The molecule has 0 heterocycles. The number of halogens is 1. The number of hydrogen-bond acceptors (Lipinski definition) is 2. The zero-order valence-corrected chi connectivity index (χ0v) is 10.6. The molecule has 0 fully saturated rings. The lowest BCUT2D eigenvalue weighted by atomic mass is 10.0. The van der Waals surface area contributed by atoms with Gasteiger partial charge in [0.05, 0.1) is 4.47 Å². The highest BCUT2D eigenvalue weighted by molar-refractivity contribution is 9.10. The summed E-state index contributed by atoms with van der Waals surface area (Å²) < 4.78 is 0.538. The van der Waals surface area contributed by atoms with Gasteiger partial charge in [0.2, 0.25) is 0 Å². The van der Waals surface area contributed by atoms with E-state index in [1.54, 1.807) is 12.1 Å². The van der Waals surface area contributed by atoms with E-state index in [4.69, 9.17) is 0 Å². The maximum atomic E-state index is 12.0. The standard InChI is InChI=1S/C14H11BrO2/c15-12-9-11(6-7-13(12)16)14(17)8-10-4-2-1-3-5-10/h1-7,9,16H,8H2. The van der Waals surface area contributed by atoms with Crippen LogP contribution in [-0.4, -0.2) is 10.9 Å². The fraction of sp³-hybridized carbons (Fsp3) is 0.0714. The lowest BCUT2D eigenvalue weighted by Gasteiger charge is -2.03. The Morgan fingerprint density at radius 1 is 1.12 bits per heavy atom. The van der Waals surface area contributed by atoms with Crippen LogP contribution in [0.2, 0.25) is 0 Å². The Morgan fingerprint density at radius 3 is 2.47 bits per heavy atom. The molecule has 2 nitrogen and oxygen atoms in total. The molecule has 0 unspecified atom stereocenters. The Labute approximate surface area is 108 Å². The molecule has 3 heteroatoms. The van der Waals surface area contributed by atoms with E-state index in [9.17, 15) is 9.90 Å². The topological polar surface area (TPSA) is 37.3 Å². The molecular weight excluding hydrogens is 280 g/mol. The maximum absolute atomic E-state index is 12.0. The number of benzene rings is 2. The molecular formula is C14H11BrO2. The number of aromatic hydroxyl groups is 1. The van der Waals surface area contributed by atoms with Crippen molar-refractivity contribution in [3.05, 3.63) is 64.1 Å². The molecule has 0 aromatic heterocycles. The van der Waals surface area contributed by atoms with Gasteiger partial charge >= 0.3 is 0 Å². The molecule has 0 amide bonds. The quantitative estimate of drug-likeness (QED) is 0.878. The molecule has 0 aliphatic heterocycles. The molecule has 0 bridgehead atoms. The highest BCUT2D eigenvalue weighted by atomic mass is 79.9. The molecule has 2 aromatic carbocycles. The van der Waals surface area contributed by atoms with Crippen LogP contribution in [0.5, 0.6) is 5.75 Å². The van der Waals surface area contributed by atoms with Crippen LogP contribution in [0.3, 0.4) is 0 Å². The van der Waals surface area contributed by atoms with Crippen molar-refractivity contribution in [3.8, 4) is 5.75 Å². The third kappa shape index (κ3) is 2.94. The average Bonchev–Trinajstić information content (AvgIpc) is 2.34. The van der Waals surface area contributed by atoms with Gasteiger partial charge in [-0.2, -0.15) is 0 Å². The van der Waals surface area contributed by atoms with Gasteiger partial charge in [-0.3, -0.25) is 4.79 Å². The van der Waals surface area contributed by atoms with E-state index in [0.717, 1.165) is 5.56 Å². The lowest BCUT2D eigenvalue weighted by molar-refractivity contribution is 0.0993. The second-order valence-corrected chi connectivity index (χ2v) is 4.61. The van der Waals surface area contributed by atoms with Crippen molar-refractivity contribution in [2.24, 2.45) is 0 Å². The summed E-state index contributed by atoms with van der Waals surface area (Å²) in [6, 6.07) is 14.4. The van der Waals surface area contributed by atoms with Crippen molar-refractivity contribution < 1.29 is 9.90 Å². The van der Waals surface area contributed by atoms with Gasteiger partial charge in [-0.1, -0.05) is 30.3 Å². The van der Waals surface area contributed by atoms with Gasteiger partial charge in [-0.25, -0.2) is 0 Å². The first kappa shape index (κ1) is 11.9. The van der Waals surface area contributed by atoms with E-state index in [1.165, 1.54) is 6.07 Å². The highest BCUT2D eigenvalue weighted by Gasteiger charge is 2.08. The summed E-state index contributed by atoms with van der Waals surface area (Å²) in [5.41, 5.74) is 1.58. The number of carbonyl (C=O) groups excluding carboxylic acids is 1. The van der Waals surface area contributed by atoms with Gasteiger partial charge in [0.15, 0.2) is 5.78 Å². The zero-order chi connectivity index (χ0) is 12.3. The van der Waals surface area contributed by atoms with Crippen molar-refractivity contribution >= 4 is 21.7 Å². The van der Waals surface area contributed by atoms with Crippen LogP contribution in [0, 0.1) is 0 Å². The highest BCUT2D eigenvalue weighted by Crippen LogP contribution is 2.24. The van der Waals surface area contributed by atoms with Gasteiger partial charge in [-0.05, 0) is 39.7 Å². The van der Waals surface area contributed by atoms with E-state index < -0.39 is 0 Å². The lowest BCUT2D eigenvalue weighted by Crippen LogP contribution is -2.03. The molecule has 17 heavy (non-hydrogen) atoms. The van der Waals surface area contributed by atoms with Gasteiger partial charge in [0, 0.05) is 12.0 Å². The van der Waals surface area contributed by atoms with Crippen molar-refractivity contribution in [1.29, 1.82) is 0 Å². The van der Waals surface area contributed by atoms with Crippen LogP contribution >= 0.6 is 15.9 Å². The predicted molar refractivity (Wildman–Crippen MR) is 70.3 cm³/mol. The van der Waals surface area contributed by atoms with E-state index in [0.29, 0.717) is 16.5 Å². The van der Waals surface area contributed by atoms with E-state index in [1.807, 2.05) is 30.3 Å². The van der Waals surface area contributed by atoms with Gasteiger partial charge in [-0.15, -0.1) is 0 Å². The van der Waals surface area contributed by atoms with Crippen LogP contribution in [0.15, 0.2) is 53.0 Å².